The zero-order valence-corrected chi connectivity index (χ0v) is 7.91. The summed E-state index contributed by atoms with van der Waals surface area (Å²) in [4.78, 5) is 42.4. The average molecular weight is 200 g/mol. The highest BCUT2D eigenvalue weighted by Crippen LogP contribution is 1.99. The van der Waals surface area contributed by atoms with Crippen LogP contribution in [0.2, 0.25) is 0 Å². The van der Waals surface area contributed by atoms with Gasteiger partial charge < -0.3 is 5.11 Å². The number of hydrogen-bond acceptors (Lipinski definition) is 4. The molecule has 0 aliphatic heterocycles. The lowest BCUT2D eigenvalue weighted by atomic mass is 10.1. The van der Waals surface area contributed by atoms with Gasteiger partial charge in [0.2, 0.25) is 0 Å². The molecule has 5 heteroatoms. The number of hydrogen-bond donors (Lipinski definition) is 1. The Morgan fingerprint density at radius 1 is 0.929 bits per heavy atom. The first kappa shape index (κ1) is 12.5. The lowest BCUT2D eigenvalue weighted by Crippen LogP contribution is -2.11. The maximum atomic E-state index is 10.9. The van der Waals surface area contributed by atoms with Gasteiger partial charge >= 0.3 is 5.97 Å². The molecule has 0 amide bonds. The molecule has 0 aliphatic rings. The summed E-state index contributed by atoms with van der Waals surface area (Å²) in [6, 6.07) is 0. The summed E-state index contributed by atoms with van der Waals surface area (Å²) in [5.74, 6) is -2.25. The van der Waals surface area contributed by atoms with Gasteiger partial charge in [0, 0.05) is 6.42 Å². The summed E-state index contributed by atoms with van der Waals surface area (Å²) in [5.41, 5.74) is 0. The monoisotopic (exact) mass is 200 g/mol. The number of carboxylic acid groups (broad SMARTS) is 1. The van der Waals surface area contributed by atoms with Crippen LogP contribution in [0.1, 0.15) is 32.6 Å². The van der Waals surface area contributed by atoms with E-state index in [2.05, 4.69) is 0 Å². The number of carbonyl (C=O) groups is 4. The van der Waals surface area contributed by atoms with Gasteiger partial charge in [-0.2, -0.15) is 0 Å². The predicted molar refractivity (Wildman–Crippen MR) is 46.8 cm³/mol. The molecular formula is C9H12O5. The molecule has 14 heavy (non-hydrogen) atoms. The zero-order valence-electron chi connectivity index (χ0n) is 7.91. The number of Topliss-reactive ketones (excluding diaryl/α,β-unsaturated/α-hetero) is 3. The van der Waals surface area contributed by atoms with Gasteiger partial charge in [0.05, 0.1) is 19.3 Å². The molecule has 0 bridgehead atoms. The van der Waals surface area contributed by atoms with Crippen molar-refractivity contribution >= 4 is 23.3 Å². The van der Waals surface area contributed by atoms with Crippen molar-refractivity contribution in [1.82, 2.24) is 0 Å². The fourth-order valence-corrected chi connectivity index (χ4v) is 0.895. The Morgan fingerprint density at radius 3 is 1.93 bits per heavy atom. The topological polar surface area (TPSA) is 88.5 Å². The van der Waals surface area contributed by atoms with Gasteiger partial charge in [-0.3, -0.25) is 19.2 Å². The number of ketones is 3. The highest BCUT2D eigenvalue weighted by atomic mass is 16.4. The summed E-state index contributed by atoms with van der Waals surface area (Å²) in [6.07, 6.45) is -1.02. The van der Waals surface area contributed by atoms with Gasteiger partial charge in [-0.15, -0.1) is 0 Å². The first-order valence-corrected chi connectivity index (χ1v) is 4.16. The van der Waals surface area contributed by atoms with Gasteiger partial charge in [-0.25, -0.2) is 0 Å². The molecule has 1 N–H and O–H groups in total. The highest BCUT2D eigenvalue weighted by Gasteiger charge is 2.12. The van der Waals surface area contributed by atoms with Gasteiger partial charge in [0.25, 0.3) is 0 Å². The fraction of sp³-hybridized carbons (Fsp3) is 0.556. The van der Waals surface area contributed by atoms with E-state index in [4.69, 9.17) is 5.11 Å². The van der Waals surface area contributed by atoms with Crippen LogP contribution in [-0.4, -0.2) is 28.4 Å². The molecule has 0 unspecified atom stereocenters. The van der Waals surface area contributed by atoms with Crippen LogP contribution in [0, 0.1) is 0 Å². The van der Waals surface area contributed by atoms with E-state index in [9.17, 15) is 19.2 Å². The molecule has 0 spiro atoms. The van der Waals surface area contributed by atoms with E-state index in [0.717, 1.165) is 0 Å². The van der Waals surface area contributed by atoms with E-state index in [1.165, 1.54) is 6.92 Å². The molecule has 0 fully saturated rings. The largest absolute Gasteiger partial charge is 0.481 e. The van der Waals surface area contributed by atoms with Crippen LogP contribution in [0.3, 0.4) is 0 Å². The average Bonchev–Trinajstić information content (AvgIpc) is 1.98. The lowest BCUT2D eigenvalue weighted by molar-refractivity contribution is -0.139. The minimum Gasteiger partial charge on any atom is -0.481 e. The summed E-state index contributed by atoms with van der Waals surface area (Å²) >= 11 is 0. The molecule has 0 heterocycles. The van der Waals surface area contributed by atoms with Crippen LogP contribution < -0.4 is 0 Å². The first-order valence-electron chi connectivity index (χ1n) is 4.16. The van der Waals surface area contributed by atoms with Crippen molar-refractivity contribution in [3.8, 4) is 0 Å². The van der Waals surface area contributed by atoms with Crippen molar-refractivity contribution in [2.75, 3.05) is 0 Å². The molecule has 0 aromatic heterocycles. The van der Waals surface area contributed by atoms with E-state index in [0.29, 0.717) is 0 Å². The van der Waals surface area contributed by atoms with Crippen molar-refractivity contribution in [3.63, 3.8) is 0 Å². The Kier molecular flexibility index (Phi) is 5.36. The van der Waals surface area contributed by atoms with Gasteiger partial charge in [0.15, 0.2) is 0 Å². The number of aliphatic carboxylic acids is 1. The maximum Gasteiger partial charge on any atom is 0.303 e. The molecular weight excluding hydrogens is 188 g/mol. The normalized spacial score (nSPS) is 9.50. The first-order chi connectivity index (χ1) is 6.41. The third-order valence-corrected chi connectivity index (χ3v) is 1.46. The van der Waals surface area contributed by atoms with Crippen molar-refractivity contribution in [1.29, 1.82) is 0 Å². The van der Waals surface area contributed by atoms with Crippen molar-refractivity contribution in [2.24, 2.45) is 0 Å². The van der Waals surface area contributed by atoms with Crippen LogP contribution in [0.5, 0.6) is 0 Å². The van der Waals surface area contributed by atoms with Crippen LogP contribution in [0.15, 0.2) is 0 Å². The minimum atomic E-state index is -1.07. The smallest absolute Gasteiger partial charge is 0.303 e. The molecule has 0 atom stereocenters. The Bertz CT molecular complexity index is 266. The zero-order chi connectivity index (χ0) is 11.1. The van der Waals surface area contributed by atoms with E-state index in [-0.39, 0.29) is 31.5 Å². The van der Waals surface area contributed by atoms with Gasteiger partial charge in [0.1, 0.15) is 17.3 Å². The third-order valence-electron chi connectivity index (χ3n) is 1.46. The predicted octanol–water partition coefficient (Wildman–Crippen LogP) is 0.359. The molecule has 5 nitrogen and oxygen atoms in total. The summed E-state index contributed by atoms with van der Waals surface area (Å²) in [6.45, 7) is 1.26. The fourth-order valence-electron chi connectivity index (χ4n) is 0.895. The second-order valence-electron chi connectivity index (χ2n) is 3.03. The number of carboxylic acids is 1. The maximum absolute atomic E-state index is 10.9. The molecule has 0 aliphatic carbocycles. The van der Waals surface area contributed by atoms with E-state index >= 15 is 0 Å². The standard InChI is InChI=1S/C9H12O5/c1-6(10)4-8(12)5-7(11)2-3-9(13)14/h2-5H2,1H3,(H,13,14). The van der Waals surface area contributed by atoms with Gasteiger partial charge in [-0.05, 0) is 6.92 Å². The quantitative estimate of drug-likeness (QED) is 0.599. The second kappa shape index (κ2) is 6.01. The number of carbonyl (C=O) groups excluding carboxylic acids is 3. The van der Waals surface area contributed by atoms with E-state index in [1.807, 2.05) is 0 Å². The molecule has 0 rings (SSSR count). The minimum absolute atomic E-state index is 0.154. The molecule has 78 valence electrons. The van der Waals surface area contributed by atoms with Crippen LogP contribution in [-0.2, 0) is 19.2 Å². The van der Waals surface area contributed by atoms with Crippen LogP contribution in [0.25, 0.3) is 0 Å². The van der Waals surface area contributed by atoms with Crippen LogP contribution >= 0.6 is 0 Å². The van der Waals surface area contributed by atoms with Crippen LogP contribution in [0.4, 0.5) is 0 Å². The Morgan fingerprint density at radius 2 is 1.50 bits per heavy atom. The summed E-state index contributed by atoms with van der Waals surface area (Å²) in [5, 5.41) is 8.25. The molecule has 0 radical (unpaired) electrons. The van der Waals surface area contributed by atoms with E-state index in [1.54, 1.807) is 0 Å². The molecule has 0 saturated carbocycles. The van der Waals surface area contributed by atoms with Crippen molar-refractivity contribution in [2.45, 2.75) is 32.6 Å². The Balaban J connectivity index is 3.77. The Labute approximate surface area is 81.1 Å². The van der Waals surface area contributed by atoms with Gasteiger partial charge in [-0.1, -0.05) is 0 Å². The lowest BCUT2D eigenvalue weighted by Gasteiger charge is -1.96. The summed E-state index contributed by atoms with van der Waals surface area (Å²) < 4.78 is 0. The van der Waals surface area contributed by atoms with Crippen molar-refractivity contribution < 1.29 is 24.3 Å². The van der Waals surface area contributed by atoms with E-state index < -0.39 is 17.5 Å². The van der Waals surface area contributed by atoms with Crippen molar-refractivity contribution in [3.05, 3.63) is 0 Å². The third kappa shape index (κ3) is 7.15. The number of rotatable bonds is 7. The Hall–Kier alpha value is -1.52. The summed E-state index contributed by atoms with van der Waals surface area (Å²) in [7, 11) is 0. The second-order valence-corrected chi connectivity index (χ2v) is 3.03. The molecule has 0 saturated heterocycles. The molecule has 0 aromatic rings. The molecule has 0 aromatic carbocycles. The highest BCUT2D eigenvalue weighted by molar-refractivity contribution is 6.06. The SMILES string of the molecule is CC(=O)CC(=O)CC(=O)CCC(=O)O.